The molecule has 0 aromatic heterocycles. The summed E-state index contributed by atoms with van der Waals surface area (Å²) in [7, 11) is 0. The number of hydrogen-bond acceptors (Lipinski definition) is 3. The number of nitrogens with two attached hydrogens (primary N) is 2. The molecule has 1 unspecified atom stereocenters. The maximum atomic E-state index is 9.00. The van der Waals surface area contributed by atoms with Crippen molar-refractivity contribution in [3.63, 3.8) is 0 Å². The maximum Gasteiger partial charge on any atom is 0.300 e. The van der Waals surface area contributed by atoms with Gasteiger partial charge in [0, 0.05) is 19.5 Å². The van der Waals surface area contributed by atoms with Crippen molar-refractivity contribution in [3.8, 4) is 0 Å². The van der Waals surface area contributed by atoms with E-state index in [1.165, 1.54) is 32.1 Å². The molecule has 4 aliphatic carbocycles. The molecule has 4 aliphatic rings. The lowest BCUT2D eigenvalue weighted by Crippen LogP contribution is -2.53. The highest BCUT2D eigenvalue weighted by Crippen LogP contribution is 2.56. The first-order valence-electron chi connectivity index (χ1n) is 7.16. The smallest absolute Gasteiger partial charge is 0.300 e. The van der Waals surface area contributed by atoms with Crippen LogP contribution in [0.2, 0.25) is 0 Å². The molecule has 4 fully saturated rings. The standard InChI is InChI=1S/C12H22N2.C2H4O2/c13-6-11(14)12-9-2-7-1-8(4-9)5-10(12)3-7;1-2(3)4/h7-12H,1-6,13-14H2;1H3,(H,3,4). The molecule has 0 aromatic carbocycles. The lowest BCUT2D eigenvalue weighted by Gasteiger charge is -2.56. The molecule has 0 amide bonds. The Balaban J connectivity index is 0.000000267. The number of carboxylic acids is 1. The third-order valence-corrected chi connectivity index (χ3v) is 5.07. The average Bonchev–Trinajstić information content (AvgIpc) is 2.26. The van der Waals surface area contributed by atoms with E-state index in [9.17, 15) is 0 Å². The SMILES string of the molecule is CC(=O)O.NCC(N)C1C2CC3CC(C2)CC1C3. The fourth-order valence-corrected chi connectivity index (χ4v) is 4.82. The normalized spacial score (nSPS) is 42.1. The third kappa shape index (κ3) is 2.86. The summed E-state index contributed by atoms with van der Waals surface area (Å²) in [5.41, 5.74) is 11.9. The van der Waals surface area contributed by atoms with Gasteiger partial charge in [-0.1, -0.05) is 0 Å². The predicted molar refractivity (Wildman–Crippen MR) is 70.9 cm³/mol. The van der Waals surface area contributed by atoms with E-state index in [0.717, 1.165) is 36.5 Å². The van der Waals surface area contributed by atoms with Gasteiger partial charge in [-0.2, -0.15) is 0 Å². The topological polar surface area (TPSA) is 89.3 Å². The average molecular weight is 254 g/mol. The molecule has 0 heterocycles. The number of hydrogen-bond donors (Lipinski definition) is 3. The largest absolute Gasteiger partial charge is 0.481 e. The summed E-state index contributed by atoms with van der Waals surface area (Å²) in [5.74, 6) is 3.92. The maximum absolute atomic E-state index is 9.00. The molecule has 4 rings (SSSR count). The molecule has 1 atom stereocenters. The molecule has 104 valence electrons. The molecule has 5 N–H and O–H groups in total. The number of rotatable bonds is 2. The zero-order valence-electron chi connectivity index (χ0n) is 11.2. The molecule has 4 nitrogen and oxygen atoms in total. The van der Waals surface area contributed by atoms with Crippen LogP contribution in [0.4, 0.5) is 0 Å². The van der Waals surface area contributed by atoms with Gasteiger partial charge in [-0.15, -0.1) is 0 Å². The first-order chi connectivity index (χ1) is 8.51. The highest BCUT2D eigenvalue weighted by molar-refractivity contribution is 5.62. The summed E-state index contributed by atoms with van der Waals surface area (Å²) in [6.45, 7) is 1.77. The van der Waals surface area contributed by atoms with Crippen LogP contribution in [0.15, 0.2) is 0 Å². The van der Waals surface area contributed by atoms with E-state index >= 15 is 0 Å². The van der Waals surface area contributed by atoms with E-state index in [2.05, 4.69) is 0 Å². The Bertz CT molecular complexity index is 274. The fourth-order valence-electron chi connectivity index (χ4n) is 4.82. The van der Waals surface area contributed by atoms with Gasteiger partial charge in [-0.3, -0.25) is 4.79 Å². The Hall–Kier alpha value is -0.610. The minimum Gasteiger partial charge on any atom is -0.481 e. The number of aliphatic carboxylic acids is 1. The molecule has 0 radical (unpaired) electrons. The van der Waals surface area contributed by atoms with Crippen molar-refractivity contribution in [1.29, 1.82) is 0 Å². The molecule has 4 saturated carbocycles. The Morgan fingerprint density at radius 2 is 1.56 bits per heavy atom. The Labute approximate surface area is 109 Å². The van der Waals surface area contributed by atoms with Crippen LogP contribution in [0.3, 0.4) is 0 Å². The van der Waals surface area contributed by atoms with E-state index in [4.69, 9.17) is 21.4 Å². The molecule has 4 heteroatoms. The zero-order valence-corrected chi connectivity index (χ0v) is 11.2. The highest BCUT2D eigenvalue weighted by atomic mass is 16.4. The summed E-state index contributed by atoms with van der Waals surface area (Å²) in [4.78, 5) is 9.00. The molecule has 18 heavy (non-hydrogen) atoms. The quantitative estimate of drug-likeness (QED) is 0.695. The first kappa shape index (κ1) is 13.8. The molecular weight excluding hydrogens is 228 g/mol. The van der Waals surface area contributed by atoms with E-state index in [0.29, 0.717) is 6.54 Å². The molecule has 0 spiro atoms. The highest BCUT2D eigenvalue weighted by Gasteiger charge is 2.49. The van der Waals surface area contributed by atoms with E-state index in [1.807, 2.05) is 0 Å². The summed E-state index contributed by atoms with van der Waals surface area (Å²) in [6.07, 6.45) is 7.38. The van der Waals surface area contributed by atoms with Crippen molar-refractivity contribution in [2.75, 3.05) is 6.54 Å². The summed E-state index contributed by atoms with van der Waals surface area (Å²) < 4.78 is 0. The first-order valence-corrected chi connectivity index (χ1v) is 7.16. The number of carbonyl (C=O) groups is 1. The molecule has 0 aliphatic heterocycles. The van der Waals surface area contributed by atoms with Crippen molar-refractivity contribution in [2.24, 2.45) is 41.1 Å². The fraction of sp³-hybridized carbons (Fsp3) is 0.929. The van der Waals surface area contributed by atoms with Gasteiger partial charge in [0.2, 0.25) is 0 Å². The Kier molecular flexibility index (Phi) is 4.28. The second-order valence-electron chi connectivity index (χ2n) is 6.43. The third-order valence-electron chi connectivity index (χ3n) is 5.07. The van der Waals surface area contributed by atoms with Gasteiger partial charge in [0.05, 0.1) is 0 Å². The second kappa shape index (κ2) is 5.57. The molecule has 0 aromatic rings. The van der Waals surface area contributed by atoms with Gasteiger partial charge in [0.25, 0.3) is 5.97 Å². The molecule has 4 bridgehead atoms. The lowest BCUT2D eigenvalue weighted by atomic mass is 9.50. The second-order valence-corrected chi connectivity index (χ2v) is 6.43. The van der Waals surface area contributed by atoms with Crippen molar-refractivity contribution in [1.82, 2.24) is 0 Å². The van der Waals surface area contributed by atoms with Crippen LogP contribution in [-0.4, -0.2) is 23.7 Å². The van der Waals surface area contributed by atoms with Gasteiger partial charge >= 0.3 is 0 Å². The van der Waals surface area contributed by atoms with Gasteiger partial charge in [-0.25, -0.2) is 0 Å². The van der Waals surface area contributed by atoms with Gasteiger partial charge in [0.15, 0.2) is 0 Å². The van der Waals surface area contributed by atoms with Crippen LogP contribution in [0.1, 0.15) is 39.0 Å². The van der Waals surface area contributed by atoms with Crippen LogP contribution in [0.25, 0.3) is 0 Å². The van der Waals surface area contributed by atoms with E-state index in [1.54, 1.807) is 0 Å². The monoisotopic (exact) mass is 254 g/mol. The van der Waals surface area contributed by atoms with Gasteiger partial charge < -0.3 is 16.6 Å². The van der Waals surface area contributed by atoms with Crippen LogP contribution in [0.5, 0.6) is 0 Å². The zero-order chi connectivity index (χ0) is 13.3. The van der Waals surface area contributed by atoms with Crippen LogP contribution in [-0.2, 0) is 4.79 Å². The summed E-state index contributed by atoms with van der Waals surface area (Å²) in [5, 5.41) is 7.42. The summed E-state index contributed by atoms with van der Waals surface area (Å²) in [6, 6.07) is 0.282. The van der Waals surface area contributed by atoms with Crippen molar-refractivity contribution >= 4 is 5.97 Å². The van der Waals surface area contributed by atoms with Crippen molar-refractivity contribution in [2.45, 2.75) is 45.1 Å². The molecule has 0 saturated heterocycles. The van der Waals surface area contributed by atoms with Crippen LogP contribution >= 0.6 is 0 Å². The van der Waals surface area contributed by atoms with E-state index < -0.39 is 5.97 Å². The minimum absolute atomic E-state index is 0.282. The Morgan fingerprint density at radius 3 is 1.89 bits per heavy atom. The van der Waals surface area contributed by atoms with Crippen molar-refractivity contribution in [3.05, 3.63) is 0 Å². The lowest BCUT2D eigenvalue weighted by molar-refractivity contribution is -0.134. The van der Waals surface area contributed by atoms with Gasteiger partial charge in [0.1, 0.15) is 0 Å². The van der Waals surface area contributed by atoms with Crippen LogP contribution in [0, 0.1) is 29.6 Å². The van der Waals surface area contributed by atoms with Gasteiger partial charge in [-0.05, 0) is 61.7 Å². The van der Waals surface area contributed by atoms with E-state index in [-0.39, 0.29) is 6.04 Å². The number of carboxylic acid groups (broad SMARTS) is 1. The summed E-state index contributed by atoms with van der Waals surface area (Å²) >= 11 is 0. The molecular formula is C14H26N2O2. The Morgan fingerprint density at radius 1 is 1.17 bits per heavy atom. The van der Waals surface area contributed by atoms with Crippen molar-refractivity contribution < 1.29 is 9.90 Å². The minimum atomic E-state index is -0.833. The predicted octanol–water partition coefficient (Wildman–Crippen LogP) is 1.44. The van der Waals surface area contributed by atoms with Crippen LogP contribution < -0.4 is 11.5 Å².